The molecule has 180 valence electrons. The quantitative estimate of drug-likeness (QED) is 0.295. The number of halogens is 1. The largest absolute Gasteiger partial charge is 0.497 e. The number of thioether (sulfide) groups is 1. The van der Waals surface area contributed by atoms with Gasteiger partial charge in [0.2, 0.25) is 0 Å². The zero-order valence-electron chi connectivity index (χ0n) is 19.1. The number of aromatic nitrogens is 5. The predicted molar refractivity (Wildman–Crippen MR) is 135 cm³/mol. The van der Waals surface area contributed by atoms with Crippen LogP contribution in [-0.4, -0.2) is 42.5 Å². The molecule has 0 fully saturated rings. The Morgan fingerprint density at radius 2 is 1.69 bits per heavy atom. The molecule has 0 spiro atoms. The topological polar surface area (TPSA) is 127 Å². The van der Waals surface area contributed by atoms with Crippen LogP contribution in [0, 0.1) is 0 Å². The van der Waals surface area contributed by atoms with E-state index in [0.717, 1.165) is 32.1 Å². The number of nitrogens with two attached hydrogens (primary N) is 1. The van der Waals surface area contributed by atoms with Crippen LogP contribution in [-0.2, 0) is 14.1 Å². The van der Waals surface area contributed by atoms with Crippen molar-refractivity contribution in [2.24, 2.45) is 14.1 Å². The molecule has 0 unspecified atom stereocenters. The van der Waals surface area contributed by atoms with E-state index in [2.05, 4.69) is 10.2 Å². The Morgan fingerprint density at radius 3 is 2.31 bits per heavy atom. The molecule has 0 aliphatic heterocycles. The summed E-state index contributed by atoms with van der Waals surface area (Å²) in [6, 6.07) is 14.4. The van der Waals surface area contributed by atoms with Gasteiger partial charge in [0.05, 0.1) is 12.9 Å². The van der Waals surface area contributed by atoms with Gasteiger partial charge < -0.3 is 10.5 Å². The van der Waals surface area contributed by atoms with Crippen molar-refractivity contribution in [1.29, 1.82) is 0 Å². The summed E-state index contributed by atoms with van der Waals surface area (Å²) in [5.74, 6) is 0.388. The van der Waals surface area contributed by atoms with E-state index in [1.165, 1.54) is 14.1 Å². The molecule has 0 saturated heterocycles. The van der Waals surface area contributed by atoms with Gasteiger partial charge in [-0.05, 0) is 48.5 Å². The molecule has 2 heterocycles. The average molecular weight is 513 g/mol. The van der Waals surface area contributed by atoms with Gasteiger partial charge >= 0.3 is 5.69 Å². The number of hydrogen-bond acceptors (Lipinski definition) is 8. The molecular formula is C23H21ClN6O4S. The van der Waals surface area contributed by atoms with Gasteiger partial charge in [-0.3, -0.25) is 23.3 Å². The summed E-state index contributed by atoms with van der Waals surface area (Å²) in [6.45, 7) is 0. The highest BCUT2D eigenvalue weighted by Crippen LogP contribution is 2.30. The molecule has 0 aliphatic rings. The summed E-state index contributed by atoms with van der Waals surface area (Å²) in [6.07, 6.45) is 0. The van der Waals surface area contributed by atoms with E-state index >= 15 is 0 Å². The summed E-state index contributed by atoms with van der Waals surface area (Å²) in [4.78, 5) is 37.6. The third-order valence-electron chi connectivity index (χ3n) is 5.39. The molecule has 4 rings (SSSR count). The molecule has 35 heavy (non-hydrogen) atoms. The lowest BCUT2D eigenvalue weighted by molar-refractivity contribution is 0.102. The fourth-order valence-electron chi connectivity index (χ4n) is 3.44. The summed E-state index contributed by atoms with van der Waals surface area (Å²) >= 11 is 7.16. The number of carbonyl (C=O) groups is 1. The third kappa shape index (κ3) is 4.60. The molecule has 0 saturated carbocycles. The normalized spacial score (nSPS) is 11.0. The molecule has 0 bridgehead atoms. The molecule has 0 amide bonds. The molecule has 12 heteroatoms. The molecule has 10 nitrogen and oxygen atoms in total. The van der Waals surface area contributed by atoms with E-state index in [0.29, 0.717) is 21.8 Å². The number of nitrogen functional groups attached to an aromatic ring is 1. The first-order valence-corrected chi connectivity index (χ1v) is 11.7. The number of benzene rings is 2. The van der Waals surface area contributed by atoms with Gasteiger partial charge in [-0.25, -0.2) is 4.79 Å². The van der Waals surface area contributed by atoms with Crippen LogP contribution >= 0.6 is 23.4 Å². The number of carbonyl (C=O) groups excluding carboxylic acids is 1. The van der Waals surface area contributed by atoms with Gasteiger partial charge in [0.15, 0.2) is 16.8 Å². The first kappa shape index (κ1) is 24.3. The molecule has 2 aromatic carbocycles. The Morgan fingerprint density at radius 1 is 1.03 bits per heavy atom. The van der Waals surface area contributed by atoms with Crippen LogP contribution in [0.3, 0.4) is 0 Å². The van der Waals surface area contributed by atoms with Gasteiger partial charge in [-0.2, -0.15) is 0 Å². The first-order chi connectivity index (χ1) is 16.7. The fourth-order valence-corrected chi connectivity index (χ4v) is 4.39. The number of anilines is 1. The summed E-state index contributed by atoms with van der Waals surface area (Å²) in [5, 5.41) is 9.61. The van der Waals surface area contributed by atoms with Crippen LogP contribution in [0.5, 0.6) is 5.75 Å². The zero-order chi connectivity index (χ0) is 25.3. The van der Waals surface area contributed by atoms with Crippen molar-refractivity contribution in [3.8, 4) is 22.8 Å². The summed E-state index contributed by atoms with van der Waals surface area (Å²) in [5.41, 5.74) is 5.85. The highest BCUT2D eigenvalue weighted by atomic mass is 35.5. The highest BCUT2D eigenvalue weighted by Gasteiger charge is 2.22. The molecule has 4 aromatic rings. The van der Waals surface area contributed by atoms with Gasteiger partial charge in [0, 0.05) is 30.4 Å². The number of Topliss-reactive ketones (excluding diaryl/α,β-unsaturated/α-hetero) is 1. The number of methoxy groups -OCH3 is 1. The number of ketones is 1. The van der Waals surface area contributed by atoms with E-state index in [4.69, 9.17) is 22.1 Å². The number of nitrogens with zero attached hydrogens (tertiary/aromatic N) is 5. The number of hydrogen-bond donors (Lipinski definition) is 1. The molecule has 2 N–H and O–H groups in total. The summed E-state index contributed by atoms with van der Waals surface area (Å²) < 4.78 is 8.94. The van der Waals surface area contributed by atoms with Crippen molar-refractivity contribution in [3.63, 3.8) is 0 Å². The molecule has 0 radical (unpaired) electrons. The molecule has 0 aliphatic carbocycles. The van der Waals surface area contributed by atoms with E-state index in [-0.39, 0.29) is 17.1 Å². The Balaban J connectivity index is 1.72. The molecular weight excluding hydrogens is 492 g/mol. The van der Waals surface area contributed by atoms with Gasteiger partial charge in [0.1, 0.15) is 17.1 Å². The van der Waals surface area contributed by atoms with Crippen molar-refractivity contribution in [3.05, 3.63) is 80.0 Å². The second-order valence-electron chi connectivity index (χ2n) is 7.52. The van der Waals surface area contributed by atoms with Gasteiger partial charge in [-0.1, -0.05) is 23.4 Å². The summed E-state index contributed by atoms with van der Waals surface area (Å²) in [7, 11) is 4.29. The van der Waals surface area contributed by atoms with Crippen LogP contribution in [0.4, 0.5) is 5.82 Å². The Hall–Kier alpha value is -3.83. The smallest absolute Gasteiger partial charge is 0.332 e. The van der Waals surface area contributed by atoms with Crippen molar-refractivity contribution in [2.75, 3.05) is 18.6 Å². The molecule has 0 atom stereocenters. The monoisotopic (exact) mass is 512 g/mol. The predicted octanol–water partition coefficient (Wildman–Crippen LogP) is 2.55. The van der Waals surface area contributed by atoms with Gasteiger partial charge in [-0.15, -0.1) is 10.2 Å². The van der Waals surface area contributed by atoms with Gasteiger partial charge in [0.25, 0.3) is 5.56 Å². The lowest BCUT2D eigenvalue weighted by Crippen LogP contribution is -2.41. The lowest BCUT2D eigenvalue weighted by atomic mass is 10.2. The zero-order valence-corrected chi connectivity index (χ0v) is 20.6. The van der Waals surface area contributed by atoms with Crippen molar-refractivity contribution < 1.29 is 9.53 Å². The lowest BCUT2D eigenvalue weighted by Gasteiger charge is -2.12. The Bertz CT molecular complexity index is 1520. The van der Waals surface area contributed by atoms with Crippen molar-refractivity contribution >= 4 is 35.0 Å². The Kier molecular flexibility index (Phi) is 6.81. The van der Waals surface area contributed by atoms with Crippen LogP contribution in [0.1, 0.15) is 10.4 Å². The van der Waals surface area contributed by atoms with E-state index in [1.807, 2.05) is 36.4 Å². The van der Waals surface area contributed by atoms with Crippen LogP contribution < -0.4 is 21.7 Å². The minimum absolute atomic E-state index is 0.147. The third-order valence-corrected chi connectivity index (χ3v) is 6.57. The first-order valence-electron chi connectivity index (χ1n) is 10.3. The maximum absolute atomic E-state index is 13.0. The van der Waals surface area contributed by atoms with E-state index in [1.54, 1.807) is 23.8 Å². The average Bonchev–Trinajstić information content (AvgIpc) is 3.29. The maximum atomic E-state index is 13.0. The van der Waals surface area contributed by atoms with Crippen LogP contribution in [0.25, 0.3) is 17.1 Å². The highest BCUT2D eigenvalue weighted by molar-refractivity contribution is 7.99. The van der Waals surface area contributed by atoms with E-state index in [9.17, 15) is 14.4 Å². The SMILES string of the molecule is COc1ccc(-c2nnc(SCC(=O)c3c(N)n(C)c(=O)n(C)c3=O)n2-c2ccc(Cl)cc2)cc1. The maximum Gasteiger partial charge on any atom is 0.332 e. The second-order valence-corrected chi connectivity index (χ2v) is 8.90. The van der Waals surface area contributed by atoms with Crippen LogP contribution in [0.2, 0.25) is 5.02 Å². The minimum Gasteiger partial charge on any atom is -0.497 e. The second kappa shape index (κ2) is 9.80. The number of rotatable bonds is 7. The number of ether oxygens (including phenoxy) is 1. The standard InChI is InChI=1S/C23H21ClN6O4S/c1-28-19(25)18(21(32)29(2)23(28)33)17(31)12-35-22-27-26-20(13-4-10-16(34-3)11-5-13)30(22)15-8-6-14(24)7-9-15/h4-11H,12,25H2,1-3H3. The van der Waals surface area contributed by atoms with Crippen molar-refractivity contribution in [2.45, 2.75) is 5.16 Å². The van der Waals surface area contributed by atoms with Crippen LogP contribution in [0.15, 0.2) is 63.3 Å². The Labute approximate surface area is 208 Å². The van der Waals surface area contributed by atoms with E-state index < -0.39 is 17.0 Å². The minimum atomic E-state index is -0.741. The van der Waals surface area contributed by atoms with Crippen molar-refractivity contribution in [1.82, 2.24) is 23.9 Å². The fraction of sp³-hybridized carbons (Fsp3) is 0.174. The molecule has 2 aromatic heterocycles.